The minimum atomic E-state index is -4.38. The summed E-state index contributed by atoms with van der Waals surface area (Å²) >= 11 is 0. The van der Waals surface area contributed by atoms with E-state index in [1.165, 1.54) is 41.3 Å². The average molecular weight is 458 g/mol. The molecule has 0 spiro atoms. The lowest BCUT2D eigenvalue weighted by Gasteiger charge is -2.33. The Kier molecular flexibility index (Phi) is 6.96. The molecule has 1 aliphatic heterocycles. The second kappa shape index (κ2) is 9.48. The van der Waals surface area contributed by atoms with Crippen LogP contribution in [-0.4, -0.2) is 56.3 Å². The highest BCUT2D eigenvalue weighted by atomic mass is 32.2. The van der Waals surface area contributed by atoms with Crippen molar-refractivity contribution in [1.29, 1.82) is 0 Å². The summed E-state index contributed by atoms with van der Waals surface area (Å²) in [6.45, 7) is -3.08. The van der Waals surface area contributed by atoms with Gasteiger partial charge in [-0.05, 0) is 35.9 Å². The molecule has 31 heavy (non-hydrogen) atoms. The minimum absolute atomic E-state index is 0.0119. The number of hydrogen-bond donors (Lipinski definition) is 0. The van der Waals surface area contributed by atoms with Gasteiger partial charge in [-0.1, -0.05) is 18.2 Å². The Hall–Kier alpha value is -2.92. The van der Waals surface area contributed by atoms with Crippen molar-refractivity contribution in [2.45, 2.75) is 11.5 Å². The standard InChI is InChI=1S/C20H18F4N2O4S/c21-16-2-1-3-17(22)19(16)31(28,29)26-12-10-25(11-13-26)18(27)9-6-14-4-7-15(8-5-14)30-20(23)24/h1-9,20H,10-13H2. The van der Waals surface area contributed by atoms with Crippen LogP contribution in [0.5, 0.6) is 5.75 Å². The molecule has 2 aromatic carbocycles. The number of alkyl halides is 2. The van der Waals surface area contributed by atoms with Crippen LogP contribution >= 0.6 is 0 Å². The van der Waals surface area contributed by atoms with E-state index in [1.807, 2.05) is 0 Å². The topological polar surface area (TPSA) is 66.9 Å². The molecular weight excluding hydrogens is 440 g/mol. The second-order valence-corrected chi connectivity index (χ2v) is 8.44. The van der Waals surface area contributed by atoms with Gasteiger partial charge in [0.15, 0.2) is 4.90 Å². The van der Waals surface area contributed by atoms with Crippen LogP contribution in [0.4, 0.5) is 17.6 Å². The number of ether oxygens (including phenoxy) is 1. The van der Waals surface area contributed by atoms with Gasteiger partial charge in [0.2, 0.25) is 15.9 Å². The number of carbonyl (C=O) groups is 1. The Labute approximate surface area is 176 Å². The third kappa shape index (κ3) is 5.42. The summed E-state index contributed by atoms with van der Waals surface area (Å²) in [6, 6.07) is 8.47. The van der Waals surface area contributed by atoms with Crippen molar-refractivity contribution in [1.82, 2.24) is 9.21 Å². The zero-order valence-electron chi connectivity index (χ0n) is 16.0. The van der Waals surface area contributed by atoms with Gasteiger partial charge >= 0.3 is 6.61 Å². The largest absolute Gasteiger partial charge is 0.435 e. The lowest BCUT2D eigenvalue weighted by molar-refractivity contribution is -0.127. The summed E-state index contributed by atoms with van der Waals surface area (Å²) in [4.78, 5) is 12.7. The number of halogens is 4. The van der Waals surface area contributed by atoms with Crippen molar-refractivity contribution in [3.8, 4) is 5.75 Å². The molecule has 1 amide bonds. The summed E-state index contributed by atoms with van der Waals surface area (Å²) in [6.07, 6.45) is 2.75. The molecule has 0 aromatic heterocycles. The molecular formula is C20H18F4N2O4S. The van der Waals surface area contributed by atoms with Gasteiger partial charge in [0.1, 0.15) is 17.4 Å². The zero-order valence-corrected chi connectivity index (χ0v) is 16.9. The molecule has 0 aliphatic carbocycles. The fraction of sp³-hybridized carbons (Fsp3) is 0.250. The van der Waals surface area contributed by atoms with E-state index in [4.69, 9.17) is 0 Å². The van der Waals surface area contributed by atoms with Crippen molar-refractivity contribution in [2.24, 2.45) is 0 Å². The number of sulfonamides is 1. The molecule has 0 radical (unpaired) electrons. The number of carbonyl (C=O) groups excluding carboxylic acids is 1. The Morgan fingerprint density at radius 1 is 0.968 bits per heavy atom. The highest BCUT2D eigenvalue weighted by Gasteiger charge is 2.33. The first-order valence-electron chi connectivity index (χ1n) is 9.14. The van der Waals surface area contributed by atoms with Gasteiger partial charge in [0, 0.05) is 32.3 Å². The number of amides is 1. The molecule has 0 N–H and O–H groups in total. The van der Waals surface area contributed by atoms with E-state index in [-0.39, 0.29) is 37.8 Å². The van der Waals surface area contributed by atoms with Crippen molar-refractivity contribution in [3.63, 3.8) is 0 Å². The van der Waals surface area contributed by atoms with Gasteiger partial charge < -0.3 is 9.64 Å². The van der Waals surface area contributed by atoms with Gasteiger partial charge in [-0.2, -0.15) is 13.1 Å². The highest BCUT2D eigenvalue weighted by Crippen LogP contribution is 2.23. The fourth-order valence-corrected chi connectivity index (χ4v) is 4.57. The van der Waals surface area contributed by atoms with Crippen LogP contribution in [0.25, 0.3) is 6.08 Å². The summed E-state index contributed by atoms with van der Waals surface area (Å²) in [5, 5.41) is 0. The quantitative estimate of drug-likeness (QED) is 0.493. The van der Waals surface area contributed by atoms with E-state index >= 15 is 0 Å². The molecule has 0 unspecified atom stereocenters. The molecule has 1 saturated heterocycles. The average Bonchev–Trinajstić information content (AvgIpc) is 2.72. The molecule has 0 atom stereocenters. The maximum atomic E-state index is 13.9. The normalized spacial score (nSPS) is 15.6. The van der Waals surface area contributed by atoms with Crippen LogP contribution in [-0.2, 0) is 14.8 Å². The van der Waals surface area contributed by atoms with Gasteiger partial charge in [0.05, 0.1) is 0 Å². The van der Waals surface area contributed by atoms with E-state index in [0.29, 0.717) is 5.56 Å². The summed E-state index contributed by atoms with van der Waals surface area (Å²) in [5.74, 6) is -2.75. The van der Waals surface area contributed by atoms with Crippen LogP contribution in [0.3, 0.4) is 0 Å². The molecule has 166 valence electrons. The predicted octanol–water partition coefficient (Wildman–Crippen LogP) is 3.11. The Morgan fingerprint density at radius 2 is 1.55 bits per heavy atom. The van der Waals surface area contributed by atoms with E-state index in [1.54, 1.807) is 0 Å². The number of hydrogen-bond acceptors (Lipinski definition) is 4. The monoisotopic (exact) mass is 458 g/mol. The van der Waals surface area contributed by atoms with E-state index < -0.39 is 33.2 Å². The number of benzene rings is 2. The molecule has 1 fully saturated rings. The zero-order chi connectivity index (χ0) is 22.6. The summed E-state index contributed by atoms with van der Waals surface area (Å²) in [7, 11) is -4.38. The van der Waals surface area contributed by atoms with Crippen LogP contribution in [0.2, 0.25) is 0 Å². The van der Waals surface area contributed by atoms with E-state index in [9.17, 15) is 30.8 Å². The first-order valence-corrected chi connectivity index (χ1v) is 10.6. The van der Waals surface area contributed by atoms with Gasteiger partial charge in [-0.3, -0.25) is 4.79 Å². The van der Waals surface area contributed by atoms with Crippen molar-refractivity contribution >= 4 is 22.0 Å². The van der Waals surface area contributed by atoms with Gasteiger partial charge in [-0.15, -0.1) is 0 Å². The maximum absolute atomic E-state index is 13.9. The Morgan fingerprint density at radius 3 is 2.10 bits per heavy atom. The SMILES string of the molecule is O=C(C=Cc1ccc(OC(F)F)cc1)N1CCN(S(=O)(=O)c2c(F)cccc2F)CC1. The molecule has 11 heteroatoms. The van der Waals surface area contributed by atoms with Crippen molar-refractivity contribution in [3.05, 3.63) is 65.7 Å². The fourth-order valence-electron chi connectivity index (χ4n) is 3.04. The Balaban J connectivity index is 1.60. The molecule has 1 heterocycles. The number of piperazine rings is 1. The van der Waals surface area contributed by atoms with Crippen molar-refractivity contribution in [2.75, 3.05) is 26.2 Å². The van der Waals surface area contributed by atoms with Crippen LogP contribution in [0, 0.1) is 11.6 Å². The molecule has 6 nitrogen and oxygen atoms in total. The lowest BCUT2D eigenvalue weighted by Crippen LogP contribution is -2.50. The molecule has 2 aromatic rings. The number of nitrogens with zero attached hydrogens (tertiary/aromatic N) is 2. The van der Waals surface area contributed by atoms with Crippen LogP contribution < -0.4 is 4.74 Å². The highest BCUT2D eigenvalue weighted by molar-refractivity contribution is 7.89. The smallest absolute Gasteiger partial charge is 0.387 e. The van der Waals surface area contributed by atoms with Gasteiger partial charge in [-0.25, -0.2) is 17.2 Å². The van der Waals surface area contributed by atoms with Crippen LogP contribution in [0.15, 0.2) is 53.4 Å². The maximum Gasteiger partial charge on any atom is 0.387 e. The predicted molar refractivity (Wildman–Crippen MR) is 104 cm³/mol. The molecule has 1 aliphatic rings. The Bertz CT molecular complexity index is 1050. The van der Waals surface area contributed by atoms with Crippen molar-refractivity contribution < 1.29 is 35.5 Å². The third-order valence-electron chi connectivity index (χ3n) is 4.59. The summed E-state index contributed by atoms with van der Waals surface area (Å²) < 4.78 is 82.4. The molecule has 0 saturated carbocycles. The molecule has 3 rings (SSSR count). The first kappa shape index (κ1) is 22.8. The van der Waals surface area contributed by atoms with E-state index in [2.05, 4.69) is 4.74 Å². The van der Waals surface area contributed by atoms with Crippen LogP contribution in [0.1, 0.15) is 5.56 Å². The van der Waals surface area contributed by atoms with E-state index in [0.717, 1.165) is 22.5 Å². The molecule has 0 bridgehead atoms. The first-order chi connectivity index (χ1) is 14.7. The second-order valence-electron chi connectivity index (χ2n) is 6.56. The number of rotatable bonds is 6. The third-order valence-corrected chi connectivity index (χ3v) is 6.54. The minimum Gasteiger partial charge on any atom is -0.435 e. The van der Waals surface area contributed by atoms with Gasteiger partial charge in [0.25, 0.3) is 0 Å². The summed E-state index contributed by atoms with van der Waals surface area (Å²) in [5.41, 5.74) is 0.575. The lowest BCUT2D eigenvalue weighted by atomic mass is 10.2.